The zero-order chi connectivity index (χ0) is 14.5. The summed E-state index contributed by atoms with van der Waals surface area (Å²) in [6.07, 6.45) is 6.75. The molecule has 2 heterocycles. The Morgan fingerprint density at radius 3 is 2.65 bits per heavy atom. The second kappa shape index (κ2) is 6.52. The summed E-state index contributed by atoms with van der Waals surface area (Å²) < 4.78 is 2.03. The first kappa shape index (κ1) is 14.5. The molecule has 1 N–H and O–H groups in total. The first-order valence-electron chi connectivity index (χ1n) is 6.96. The van der Waals surface area contributed by atoms with Crippen LogP contribution >= 0.6 is 0 Å². The van der Waals surface area contributed by atoms with Crippen LogP contribution in [0.25, 0.3) is 0 Å². The molecule has 0 saturated heterocycles. The van der Waals surface area contributed by atoms with Crippen molar-refractivity contribution in [1.29, 1.82) is 0 Å². The molecule has 0 fully saturated rings. The van der Waals surface area contributed by atoms with E-state index in [4.69, 9.17) is 0 Å². The van der Waals surface area contributed by atoms with Crippen LogP contribution in [-0.2, 0) is 13.6 Å². The Balaban J connectivity index is 2.07. The molecule has 0 aliphatic carbocycles. The topological polar surface area (TPSA) is 46.0 Å². The highest BCUT2D eigenvalue weighted by atomic mass is 15.2. The molecule has 0 bridgehead atoms. The van der Waals surface area contributed by atoms with Crippen LogP contribution in [0.2, 0.25) is 0 Å². The summed E-state index contributed by atoms with van der Waals surface area (Å²) in [6.45, 7) is 2.93. The van der Waals surface area contributed by atoms with E-state index in [-0.39, 0.29) is 0 Å². The fourth-order valence-electron chi connectivity index (χ4n) is 2.24. The summed E-state index contributed by atoms with van der Waals surface area (Å²) in [4.78, 5) is 11.1. The van der Waals surface area contributed by atoms with Crippen LogP contribution in [0.15, 0.2) is 30.7 Å². The first-order chi connectivity index (χ1) is 9.65. The van der Waals surface area contributed by atoms with Gasteiger partial charge in [0.1, 0.15) is 5.82 Å². The van der Waals surface area contributed by atoms with Crippen molar-refractivity contribution in [2.75, 3.05) is 19.0 Å². The summed E-state index contributed by atoms with van der Waals surface area (Å²) in [6, 6.07) is 4.53. The van der Waals surface area contributed by atoms with Crippen LogP contribution in [-0.4, -0.2) is 28.6 Å². The van der Waals surface area contributed by atoms with Crippen molar-refractivity contribution >= 4 is 5.69 Å². The molecule has 1 atom stereocenters. The fourth-order valence-corrected chi connectivity index (χ4v) is 2.24. The van der Waals surface area contributed by atoms with Gasteiger partial charge in [-0.2, -0.15) is 0 Å². The Bertz CT molecular complexity index is 527. The lowest BCUT2D eigenvalue weighted by Crippen LogP contribution is -2.20. The van der Waals surface area contributed by atoms with E-state index in [2.05, 4.69) is 46.3 Å². The van der Waals surface area contributed by atoms with E-state index in [9.17, 15) is 0 Å². The third-order valence-electron chi connectivity index (χ3n) is 3.62. The molecule has 5 heteroatoms. The SMILES string of the molecule is CCC(NC)c1ccc(N(C)Cc2nccn2C)cn1. The van der Waals surface area contributed by atoms with Gasteiger partial charge < -0.3 is 14.8 Å². The van der Waals surface area contributed by atoms with E-state index in [0.29, 0.717) is 6.04 Å². The average Bonchev–Trinajstić information content (AvgIpc) is 2.86. The van der Waals surface area contributed by atoms with Crippen LogP contribution in [0.4, 0.5) is 5.69 Å². The number of anilines is 1. The lowest BCUT2D eigenvalue weighted by atomic mass is 10.1. The monoisotopic (exact) mass is 273 g/mol. The number of hydrogen-bond acceptors (Lipinski definition) is 4. The van der Waals surface area contributed by atoms with Crippen LogP contribution in [0, 0.1) is 0 Å². The highest BCUT2D eigenvalue weighted by Gasteiger charge is 2.10. The molecule has 20 heavy (non-hydrogen) atoms. The zero-order valence-corrected chi connectivity index (χ0v) is 12.7. The maximum absolute atomic E-state index is 4.56. The summed E-state index contributed by atoms with van der Waals surface area (Å²) >= 11 is 0. The van der Waals surface area contributed by atoms with Crippen molar-refractivity contribution in [3.8, 4) is 0 Å². The van der Waals surface area contributed by atoms with E-state index in [0.717, 1.165) is 30.2 Å². The van der Waals surface area contributed by atoms with Gasteiger partial charge in [-0.15, -0.1) is 0 Å². The number of aryl methyl sites for hydroxylation is 1. The Morgan fingerprint density at radius 2 is 2.15 bits per heavy atom. The number of hydrogen-bond donors (Lipinski definition) is 1. The Hall–Kier alpha value is -1.88. The molecule has 108 valence electrons. The number of pyridine rings is 1. The van der Waals surface area contributed by atoms with E-state index < -0.39 is 0 Å². The van der Waals surface area contributed by atoms with Gasteiger partial charge in [0, 0.05) is 32.5 Å². The van der Waals surface area contributed by atoms with E-state index in [1.54, 1.807) is 0 Å². The zero-order valence-electron chi connectivity index (χ0n) is 12.7. The van der Waals surface area contributed by atoms with Crippen LogP contribution in [0.5, 0.6) is 0 Å². The highest BCUT2D eigenvalue weighted by Crippen LogP contribution is 2.18. The van der Waals surface area contributed by atoms with Crippen molar-refractivity contribution < 1.29 is 0 Å². The van der Waals surface area contributed by atoms with Crippen molar-refractivity contribution in [2.45, 2.75) is 25.9 Å². The van der Waals surface area contributed by atoms with Gasteiger partial charge in [0.2, 0.25) is 0 Å². The molecular weight excluding hydrogens is 250 g/mol. The molecule has 0 spiro atoms. The standard InChI is InChI=1S/C15H23N5/c1-5-13(16-2)14-7-6-12(10-18-14)20(4)11-15-17-8-9-19(15)3/h6-10,13,16H,5,11H2,1-4H3. The van der Waals surface area contributed by atoms with Crippen molar-refractivity contribution in [1.82, 2.24) is 19.9 Å². The molecule has 2 aromatic heterocycles. The number of nitrogens with zero attached hydrogens (tertiary/aromatic N) is 4. The van der Waals surface area contributed by atoms with E-state index in [1.807, 2.05) is 37.3 Å². The van der Waals surface area contributed by atoms with Gasteiger partial charge in [-0.1, -0.05) is 6.92 Å². The Morgan fingerprint density at radius 1 is 1.35 bits per heavy atom. The molecule has 2 rings (SSSR count). The minimum absolute atomic E-state index is 0.323. The van der Waals surface area contributed by atoms with Gasteiger partial charge in [-0.25, -0.2) is 4.98 Å². The van der Waals surface area contributed by atoms with Gasteiger partial charge in [-0.05, 0) is 25.6 Å². The van der Waals surface area contributed by atoms with Gasteiger partial charge >= 0.3 is 0 Å². The smallest absolute Gasteiger partial charge is 0.127 e. The largest absolute Gasteiger partial charge is 0.366 e. The lowest BCUT2D eigenvalue weighted by Gasteiger charge is -2.20. The van der Waals surface area contributed by atoms with Crippen LogP contribution < -0.4 is 10.2 Å². The van der Waals surface area contributed by atoms with Crippen LogP contribution in [0.3, 0.4) is 0 Å². The van der Waals surface area contributed by atoms with Crippen molar-refractivity contribution in [2.24, 2.45) is 7.05 Å². The molecule has 5 nitrogen and oxygen atoms in total. The average molecular weight is 273 g/mol. The molecular formula is C15H23N5. The third-order valence-corrected chi connectivity index (χ3v) is 3.62. The summed E-state index contributed by atoms with van der Waals surface area (Å²) in [5, 5.41) is 3.27. The molecule has 0 aromatic carbocycles. The fraction of sp³-hybridized carbons (Fsp3) is 0.467. The van der Waals surface area contributed by atoms with E-state index in [1.165, 1.54) is 0 Å². The molecule has 0 saturated carbocycles. The summed E-state index contributed by atoms with van der Waals surface area (Å²) in [7, 11) is 6.04. The van der Waals surface area contributed by atoms with Gasteiger partial charge in [0.15, 0.2) is 0 Å². The van der Waals surface area contributed by atoms with E-state index >= 15 is 0 Å². The molecule has 1 unspecified atom stereocenters. The molecule has 0 amide bonds. The van der Waals surface area contributed by atoms with Crippen molar-refractivity contribution in [3.63, 3.8) is 0 Å². The predicted octanol–water partition coefficient (Wildman–Crippen LogP) is 2.12. The lowest BCUT2D eigenvalue weighted by molar-refractivity contribution is 0.561. The number of nitrogens with one attached hydrogen (secondary N) is 1. The normalized spacial score (nSPS) is 12.4. The molecule has 2 aromatic rings. The first-order valence-corrected chi connectivity index (χ1v) is 6.96. The number of imidazole rings is 1. The minimum atomic E-state index is 0.323. The Kier molecular flexibility index (Phi) is 4.74. The second-order valence-corrected chi connectivity index (χ2v) is 5.00. The van der Waals surface area contributed by atoms with Crippen LogP contribution in [0.1, 0.15) is 30.9 Å². The predicted molar refractivity (Wildman–Crippen MR) is 81.6 cm³/mol. The molecule has 0 aliphatic heterocycles. The molecule has 0 aliphatic rings. The highest BCUT2D eigenvalue weighted by molar-refractivity contribution is 5.44. The molecule has 0 radical (unpaired) electrons. The van der Waals surface area contributed by atoms with Crippen molar-refractivity contribution in [3.05, 3.63) is 42.2 Å². The number of rotatable bonds is 6. The second-order valence-electron chi connectivity index (χ2n) is 5.00. The number of aromatic nitrogens is 3. The third kappa shape index (κ3) is 3.17. The quantitative estimate of drug-likeness (QED) is 0.875. The maximum atomic E-state index is 4.56. The van der Waals surface area contributed by atoms with Gasteiger partial charge in [0.05, 0.1) is 24.1 Å². The maximum Gasteiger partial charge on any atom is 0.127 e. The summed E-state index contributed by atoms with van der Waals surface area (Å²) in [5.74, 6) is 1.04. The van der Waals surface area contributed by atoms with Gasteiger partial charge in [-0.3, -0.25) is 4.98 Å². The minimum Gasteiger partial charge on any atom is -0.366 e. The Labute approximate surface area is 120 Å². The van der Waals surface area contributed by atoms with Gasteiger partial charge in [0.25, 0.3) is 0 Å². The summed E-state index contributed by atoms with van der Waals surface area (Å²) in [5.41, 5.74) is 2.19.